The van der Waals surface area contributed by atoms with Crippen molar-refractivity contribution in [3.05, 3.63) is 89.8 Å². The number of carbonyl (C=O) groups is 2. The molecule has 2 aliphatic rings. The maximum Gasteiger partial charge on any atom is 0.330 e. The molecule has 5 rings (SSSR count). The highest BCUT2D eigenvalue weighted by Crippen LogP contribution is 2.43. The van der Waals surface area contributed by atoms with Crippen LogP contribution in [-0.4, -0.2) is 40.5 Å². The van der Waals surface area contributed by atoms with E-state index in [9.17, 15) is 9.18 Å². The predicted octanol–water partition coefficient (Wildman–Crippen LogP) is 8.81. The summed E-state index contributed by atoms with van der Waals surface area (Å²) in [4.78, 5) is 24.1. The van der Waals surface area contributed by atoms with Gasteiger partial charge in [0.1, 0.15) is 12.1 Å². The van der Waals surface area contributed by atoms with Crippen LogP contribution < -0.4 is 9.80 Å². The van der Waals surface area contributed by atoms with Crippen molar-refractivity contribution in [3.8, 4) is 11.1 Å². The first-order valence-corrected chi connectivity index (χ1v) is 15.3. The van der Waals surface area contributed by atoms with Crippen LogP contribution in [0.1, 0.15) is 64.0 Å². The minimum Gasteiger partial charge on any atom is -0.466 e. The van der Waals surface area contributed by atoms with Gasteiger partial charge >= 0.3 is 5.97 Å². The Morgan fingerprint density at radius 2 is 1.37 bits per heavy atom. The Kier molecular flexibility index (Phi) is 15.2. The third-order valence-electron chi connectivity index (χ3n) is 7.68. The van der Waals surface area contributed by atoms with Gasteiger partial charge in [-0.15, -0.1) is 0 Å². The van der Waals surface area contributed by atoms with Crippen molar-refractivity contribution in [1.82, 2.24) is 0 Å². The normalized spacial score (nSPS) is 16.1. The molecule has 2 aliphatic carbocycles. The number of rotatable bonds is 7. The third-order valence-corrected chi connectivity index (χ3v) is 7.68. The van der Waals surface area contributed by atoms with E-state index >= 15 is 0 Å². The first-order chi connectivity index (χ1) is 20.7. The van der Waals surface area contributed by atoms with E-state index < -0.39 is 5.97 Å². The van der Waals surface area contributed by atoms with Gasteiger partial charge in [0.25, 0.3) is 0 Å². The van der Waals surface area contributed by atoms with Crippen molar-refractivity contribution in [2.75, 3.05) is 38.1 Å². The SMILES string of the molecule is C1CC2CCC1C2.CC.CC=O.COC(=O)/C=C/c1cc(F)cc(N(C)Cc2ccc(-c3ccc(N(C)C)cc3)cc2)c1. The zero-order chi connectivity index (χ0) is 31.8. The second-order valence-electron chi connectivity index (χ2n) is 11.0. The molecule has 0 radical (unpaired) electrons. The summed E-state index contributed by atoms with van der Waals surface area (Å²) in [6.45, 7) is 6.07. The topological polar surface area (TPSA) is 49.9 Å². The van der Waals surface area contributed by atoms with E-state index in [1.807, 2.05) is 46.0 Å². The molecule has 3 aromatic carbocycles. The number of benzene rings is 3. The molecule has 0 aromatic heterocycles. The van der Waals surface area contributed by atoms with Crippen LogP contribution in [0.3, 0.4) is 0 Å². The fourth-order valence-corrected chi connectivity index (χ4v) is 5.44. The minimum atomic E-state index is -0.476. The summed E-state index contributed by atoms with van der Waals surface area (Å²) in [6.07, 6.45) is 11.4. The molecule has 5 nitrogen and oxygen atoms in total. The zero-order valence-corrected chi connectivity index (χ0v) is 27.0. The van der Waals surface area contributed by atoms with Gasteiger partial charge in [-0.3, -0.25) is 0 Å². The number of hydrogen-bond acceptors (Lipinski definition) is 5. The van der Waals surface area contributed by atoms with Crippen molar-refractivity contribution >= 4 is 29.7 Å². The number of ether oxygens (including phenoxy) is 1. The molecule has 0 heterocycles. The Morgan fingerprint density at radius 3 is 1.81 bits per heavy atom. The highest BCUT2D eigenvalue weighted by atomic mass is 19.1. The lowest BCUT2D eigenvalue weighted by molar-refractivity contribution is -0.134. The van der Waals surface area contributed by atoms with Gasteiger partial charge < -0.3 is 19.3 Å². The molecule has 2 fully saturated rings. The quantitative estimate of drug-likeness (QED) is 0.157. The number of carbonyl (C=O) groups excluding carboxylic acids is 2. The van der Waals surface area contributed by atoms with Crippen LogP contribution in [0.2, 0.25) is 0 Å². The maximum atomic E-state index is 14.1. The number of methoxy groups -OCH3 is 1. The van der Waals surface area contributed by atoms with Gasteiger partial charge in [-0.2, -0.15) is 0 Å². The van der Waals surface area contributed by atoms with E-state index in [0.717, 1.165) is 34.4 Å². The predicted molar refractivity (Wildman–Crippen MR) is 179 cm³/mol. The van der Waals surface area contributed by atoms with Crippen LogP contribution in [0, 0.1) is 17.7 Å². The van der Waals surface area contributed by atoms with Gasteiger partial charge in [0, 0.05) is 45.1 Å². The molecule has 43 heavy (non-hydrogen) atoms. The second kappa shape index (κ2) is 18.6. The van der Waals surface area contributed by atoms with Gasteiger partial charge in [-0.05, 0) is 83.8 Å². The molecule has 0 aliphatic heterocycles. The molecule has 0 N–H and O–H groups in total. The second-order valence-corrected chi connectivity index (χ2v) is 11.0. The monoisotopic (exact) mass is 588 g/mol. The van der Waals surface area contributed by atoms with Crippen molar-refractivity contribution < 1.29 is 18.7 Å². The first kappa shape index (κ1) is 35.3. The number of aldehydes is 1. The summed E-state index contributed by atoms with van der Waals surface area (Å²) in [5.41, 5.74) is 5.93. The van der Waals surface area contributed by atoms with E-state index in [2.05, 4.69) is 58.2 Å². The third kappa shape index (κ3) is 11.7. The van der Waals surface area contributed by atoms with E-state index in [1.165, 1.54) is 44.1 Å². The maximum absolute atomic E-state index is 14.1. The van der Waals surface area contributed by atoms with Gasteiger partial charge in [-0.1, -0.05) is 75.9 Å². The van der Waals surface area contributed by atoms with Crippen molar-refractivity contribution in [3.63, 3.8) is 0 Å². The summed E-state index contributed by atoms with van der Waals surface area (Å²) in [5.74, 6) is 1.51. The number of esters is 1. The average Bonchev–Trinajstić information content (AvgIpc) is 3.68. The van der Waals surface area contributed by atoms with Crippen LogP contribution >= 0.6 is 0 Å². The van der Waals surface area contributed by atoms with E-state index in [-0.39, 0.29) is 5.82 Å². The van der Waals surface area contributed by atoms with E-state index in [0.29, 0.717) is 12.1 Å². The minimum absolute atomic E-state index is 0.356. The van der Waals surface area contributed by atoms with Crippen LogP contribution in [0.5, 0.6) is 0 Å². The Hall–Kier alpha value is -3.93. The zero-order valence-electron chi connectivity index (χ0n) is 27.0. The fourth-order valence-electron chi connectivity index (χ4n) is 5.44. The van der Waals surface area contributed by atoms with Gasteiger partial charge in [0.15, 0.2) is 0 Å². The molecule has 6 heteroatoms. The molecule has 2 saturated carbocycles. The van der Waals surface area contributed by atoms with Gasteiger partial charge in [0.2, 0.25) is 0 Å². The standard InChI is InChI=1S/C26H27FN2O2.C7H12.C2H4O.C2H6/c1-28(2)24-12-10-22(11-13-24)21-8-5-19(6-9-21)18-29(3)25-16-20(15-23(27)17-25)7-14-26(30)31-4;1-2-7-4-3-6(1)5-7;1-2-3;1-2/h5-17H,18H2,1-4H3;6-7H,1-5H2;2H,1H3;1-2H3/b14-7+;;;. The summed E-state index contributed by atoms with van der Waals surface area (Å²) < 4.78 is 18.7. The molecule has 0 amide bonds. The summed E-state index contributed by atoms with van der Waals surface area (Å²) in [6, 6.07) is 21.5. The lowest BCUT2D eigenvalue weighted by Crippen LogP contribution is -2.16. The first-order valence-electron chi connectivity index (χ1n) is 15.3. The molecule has 0 atom stereocenters. The molecular weight excluding hydrogens is 539 g/mol. The van der Waals surface area contributed by atoms with Crippen molar-refractivity contribution in [1.29, 1.82) is 0 Å². The lowest BCUT2D eigenvalue weighted by atomic mass is 10.0. The van der Waals surface area contributed by atoms with Crippen molar-refractivity contribution in [2.45, 2.75) is 59.4 Å². The summed E-state index contributed by atoms with van der Waals surface area (Å²) >= 11 is 0. The van der Waals surface area contributed by atoms with Crippen molar-refractivity contribution in [2.24, 2.45) is 11.8 Å². The van der Waals surface area contributed by atoms with Crippen LogP contribution in [0.15, 0.2) is 72.8 Å². The number of hydrogen-bond donors (Lipinski definition) is 0. The van der Waals surface area contributed by atoms with E-state index in [1.54, 1.807) is 38.2 Å². The van der Waals surface area contributed by atoms with Gasteiger partial charge in [0.05, 0.1) is 7.11 Å². The molecule has 0 spiro atoms. The molecular formula is C37H49FN2O3. The Bertz CT molecular complexity index is 1270. The highest BCUT2D eigenvalue weighted by Gasteiger charge is 2.30. The molecule has 0 unspecified atom stereocenters. The molecule has 232 valence electrons. The number of nitrogens with zero attached hydrogens (tertiary/aromatic N) is 2. The molecule has 3 aromatic rings. The largest absolute Gasteiger partial charge is 0.466 e. The summed E-state index contributed by atoms with van der Waals surface area (Å²) in [7, 11) is 7.27. The number of fused-ring (bicyclic) bond motifs is 2. The van der Waals surface area contributed by atoms with Gasteiger partial charge in [-0.25, -0.2) is 9.18 Å². The van der Waals surface area contributed by atoms with E-state index in [4.69, 9.17) is 4.79 Å². The van der Waals surface area contributed by atoms with Crippen LogP contribution in [0.4, 0.5) is 15.8 Å². The molecule has 0 saturated heterocycles. The Labute approximate surface area is 258 Å². The number of anilines is 2. The Morgan fingerprint density at radius 1 is 0.860 bits per heavy atom. The number of halogens is 1. The summed E-state index contributed by atoms with van der Waals surface area (Å²) in [5, 5.41) is 0. The Balaban J connectivity index is 0.000000447. The van der Waals surface area contributed by atoms with Crippen LogP contribution in [-0.2, 0) is 20.9 Å². The highest BCUT2D eigenvalue weighted by molar-refractivity contribution is 5.87. The van der Waals surface area contributed by atoms with Crippen LogP contribution in [0.25, 0.3) is 17.2 Å². The lowest BCUT2D eigenvalue weighted by Gasteiger charge is -2.20. The molecule has 2 bridgehead atoms. The fraction of sp³-hybridized carbons (Fsp3) is 0.405. The smallest absolute Gasteiger partial charge is 0.330 e. The average molecular weight is 589 g/mol.